The molecule has 0 unspecified atom stereocenters. The van der Waals surface area contributed by atoms with Gasteiger partial charge in [0.1, 0.15) is 0 Å². The minimum absolute atomic E-state index is 0.197. The monoisotopic (exact) mass is 316 g/mol. The molecule has 0 aromatic carbocycles. The van der Waals surface area contributed by atoms with E-state index in [2.05, 4.69) is 4.74 Å². The normalized spacial score (nSPS) is 14.7. The van der Waals surface area contributed by atoms with Crippen molar-refractivity contribution in [1.29, 1.82) is 0 Å². The van der Waals surface area contributed by atoms with Gasteiger partial charge >= 0.3 is 24.1 Å². The largest absolute Gasteiger partial charge is 0.423 e. The van der Waals surface area contributed by atoms with Crippen molar-refractivity contribution in [3.63, 3.8) is 0 Å². The Balaban J connectivity index is 4.76. The van der Waals surface area contributed by atoms with Gasteiger partial charge in [-0.3, -0.25) is 0 Å². The summed E-state index contributed by atoms with van der Waals surface area (Å²) in [6, 6.07) is 0. The Bertz CT molecular complexity index is 297. The molecule has 20 heavy (non-hydrogen) atoms. The molecule has 0 aliphatic carbocycles. The second-order valence-electron chi connectivity index (χ2n) is 4.54. The van der Waals surface area contributed by atoms with Crippen LogP contribution in [0.15, 0.2) is 0 Å². The standard InChI is InChI=1S/C11H16F8O/c1-3-4-5-6-7-9(14,15)11(18,19)20-10(16,17)8(2,12)13/h3-7H2,1-2H3. The molecule has 1 nitrogen and oxygen atoms in total. The Morgan fingerprint density at radius 1 is 0.750 bits per heavy atom. The summed E-state index contributed by atoms with van der Waals surface area (Å²) in [4.78, 5) is 0. The Hall–Kier alpha value is -0.600. The van der Waals surface area contributed by atoms with E-state index in [9.17, 15) is 35.1 Å². The Kier molecular flexibility index (Phi) is 6.25. The van der Waals surface area contributed by atoms with E-state index in [0.29, 0.717) is 12.8 Å². The lowest BCUT2D eigenvalue weighted by molar-refractivity contribution is -0.465. The molecule has 9 heteroatoms. The second kappa shape index (κ2) is 6.44. The van der Waals surface area contributed by atoms with Crippen molar-refractivity contribution in [2.24, 2.45) is 0 Å². The number of hydrogen-bond donors (Lipinski definition) is 0. The lowest BCUT2D eigenvalue weighted by atomic mass is 10.1. The smallest absolute Gasteiger partial charge is 0.246 e. The zero-order valence-electron chi connectivity index (χ0n) is 11.0. The molecule has 0 saturated heterocycles. The summed E-state index contributed by atoms with van der Waals surface area (Å²) in [7, 11) is 0. The van der Waals surface area contributed by atoms with E-state index < -0.39 is 37.4 Å². The highest BCUT2D eigenvalue weighted by Crippen LogP contribution is 2.46. The van der Waals surface area contributed by atoms with Crippen LogP contribution in [0.2, 0.25) is 0 Å². The molecule has 0 bridgehead atoms. The van der Waals surface area contributed by atoms with Crippen LogP contribution in [0.5, 0.6) is 0 Å². The predicted molar refractivity (Wildman–Crippen MR) is 55.3 cm³/mol. The Labute approximate surface area is 111 Å². The van der Waals surface area contributed by atoms with Gasteiger partial charge in [0.15, 0.2) is 0 Å². The molecular weight excluding hydrogens is 300 g/mol. The van der Waals surface area contributed by atoms with Crippen LogP contribution < -0.4 is 0 Å². The van der Waals surface area contributed by atoms with Gasteiger partial charge in [-0.05, 0) is 6.42 Å². The Morgan fingerprint density at radius 2 is 1.25 bits per heavy atom. The van der Waals surface area contributed by atoms with Crippen LogP contribution in [0.4, 0.5) is 35.1 Å². The van der Waals surface area contributed by atoms with Crippen molar-refractivity contribution < 1.29 is 39.9 Å². The van der Waals surface area contributed by atoms with Gasteiger partial charge in [0.05, 0.1) is 0 Å². The zero-order valence-corrected chi connectivity index (χ0v) is 11.0. The van der Waals surface area contributed by atoms with Crippen molar-refractivity contribution >= 4 is 0 Å². The molecule has 0 fully saturated rings. The molecule has 0 aliphatic rings. The minimum atomic E-state index is -5.69. The van der Waals surface area contributed by atoms with E-state index in [1.165, 1.54) is 0 Å². The first-order valence-corrected chi connectivity index (χ1v) is 5.98. The SMILES string of the molecule is CCCCCCC(F)(F)C(F)(F)OC(F)(F)C(C)(F)F. The first-order valence-electron chi connectivity index (χ1n) is 5.98. The van der Waals surface area contributed by atoms with Gasteiger partial charge in [-0.2, -0.15) is 35.1 Å². The fourth-order valence-corrected chi connectivity index (χ4v) is 1.24. The predicted octanol–water partition coefficient (Wildman–Crippen LogP) is 5.45. The molecule has 0 aromatic rings. The van der Waals surface area contributed by atoms with Crippen LogP contribution >= 0.6 is 0 Å². The second-order valence-corrected chi connectivity index (χ2v) is 4.54. The lowest BCUT2D eigenvalue weighted by Crippen LogP contribution is -2.52. The van der Waals surface area contributed by atoms with E-state index in [1.807, 2.05) is 0 Å². The van der Waals surface area contributed by atoms with Gasteiger partial charge < -0.3 is 0 Å². The van der Waals surface area contributed by atoms with Gasteiger partial charge in [0.2, 0.25) is 0 Å². The van der Waals surface area contributed by atoms with Gasteiger partial charge in [-0.1, -0.05) is 26.2 Å². The average Bonchev–Trinajstić information content (AvgIpc) is 2.21. The summed E-state index contributed by atoms with van der Waals surface area (Å²) in [6.45, 7) is 1.35. The summed E-state index contributed by atoms with van der Waals surface area (Å²) in [5, 5.41) is 0. The molecule has 0 aromatic heterocycles. The van der Waals surface area contributed by atoms with Crippen molar-refractivity contribution in [3.8, 4) is 0 Å². The molecule has 0 saturated carbocycles. The number of rotatable bonds is 9. The molecule has 0 amide bonds. The third kappa shape index (κ3) is 5.06. The number of ether oxygens (including phenoxy) is 1. The minimum Gasteiger partial charge on any atom is -0.246 e. The van der Waals surface area contributed by atoms with E-state index in [4.69, 9.17) is 0 Å². The first-order chi connectivity index (χ1) is 8.77. The Morgan fingerprint density at radius 3 is 1.65 bits per heavy atom. The van der Waals surface area contributed by atoms with Crippen molar-refractivity contribution in [3.05, 3.63) is 0 Å². The summed E-state index contributed by atoms with van der Waals surface area (Å²) in [5.74, 6) is -9.95. The van der Waals surface area contributed by atoms with E-state index in [1.54, 1.807) is 6.92 Å². The third-order valence-electron chi connectivity index (χ3n) is 2.54. The molecule has 0 aliphatic heterocycles. The average molecular weight is 316 g/mol. The molecule has 0 rings (SSSR count). The highest BCUT2D eigenvalue weighted by molar-refractivity contribution is 4.81. The molecule has 0 N–H and O–H groups in total. The summed E-state index contributed by atoms with van der Waals surface area (Å²) < 4.78 is 104. The van der Waals surface area contributed by atoms with E-state index in [0.717, 1.165) is 0 Å². The van der Waals surface area contributed by atoms with Gasteiger partial charge in [-0.15, -0.1) is 0 Å². The molecule has 0 heterocycles. The van der Waals surface area contributed by atoms with Crippen molar-refractivity contribution in [1.82, 2.24) is 0 Å². The van der Waals surface area contributed by atoms with Gasteiger partial charge in [0, 0.05) is 13.3 Å². The van der Waals surface area contributed by atoms with Crippen molar-refractivity contribution in [2.45, 2.75) is 70.0 Å². The summed E-state index contributed by atoms with van der Waals surface area (Å²) in [6.07, 6.45) is -11.8. The molecule has 0 radical (unpaired) electrons. The topological polar surface area (TPSA) is 9.23 Å². The highest BCUT2D eigenvalue weighted by Gasteiger charge is 2.66. The molecule has 122 valence electrons. The number of hydrogen-bond acceptors (Lipinski definition) is 1. The van der Waals surface area contributed by atoms with Crippen LogP contribution in [0.25, 0.3) is 0 Å². The first kappa shape index (κ1) is 19.4. The van der Waals surface area contributed by atoms with Gasteiger partial charge in [-0.25, -0.2) is 4.74 Å². The zero-order chi connectivity index (χ0) is 16.2. The van der Waals surface area contributed by atoms with Crippen LogP contribution in [-0.2, 0) is 4.74 Å². The van der Waals surface area contributed by atoms with E-state index >= 15 is 0 Å². The summed E-state index contributed by atoms with van der Waals surface area (Å²) >= 11 is 0. The maximum Gasteiger partial charge on any atom is 0.423 e. The number of unbranched alkanes of at least 4 members (excludes halogenated alkanes) is 3. The fourth-order valence-electron chi connectivity index (χ4n) is 1.24. The van der Waals surface area contributed by atoms with Crippen LogP contribution in [0.1, 0.15) is 46.0 Å². The fraction of sp³-hybridized carbons (Fsp3) is 1.00. The van der Waals surface area contributed by atoms with Crippen LogP contribution in [-0.4, -0.2) is 24.1 Å². The quantitative estimate of drug-likeness (QED) is 0.406. The maximum absolute atomic E-state index is 13.1. The van der Waals surface area contributed by atoms with Crippen LogP contribution in [0, 0.1) is 0 Å². The van der Waals surface area contributed by atoms with Crippen molar-refractivity contribution in [2.75, 3.05) is 0 Å². The highest BCUT2D eigenvalue weighted by atomic mass is 19.3. The maximum atomic E-state index is 13.1. The number of halogens is 8. The van der Waals surface area contributed by atoms with E-state index in [-0.39, 0.29) is 12.8 Å². The molecular formula is C11H16F8O. The van der Waals surface area contributed by atoms with Gasteiger partial charge in [0.25, 0.3) is 0 Å². The third-order valence-corrected chi connectivity index (χ3v) is 2.54. The molecule has 0 atom stereocenters. The molecule has 0 spiro atoms. The lowest BCUT2D eigenvalue weighted by Gasteiger charge is -2.31. The summed E-state index contributed by atoms with van der Waals surface area (Å²) in [5.41, 5.74) is 0. The van der Waals surface area contributed by atoms with Crippen LogP contribution in [0.3, 0.4) is 0 Å². The number of alkyl halides is 8.